The fourth-order valence-corrected chi connectivity index (χ4v) is 1.84. The van der Waals surface area contributed by atoms with Crippen molar-refractivity contribution < 1.29 is 18.2 Å². The number of hydrogen-bond acceptors (Lipinski definition) is 3. The molecule has 4 nitrogen and oxygen atoms in total. The minimum Gasteiger partial charge on any atom is -0.496 e. The van der Waals surface area contributed by atoms with Gasteiger partial charge in [0.25, 0.3) is 0 Å². The predicted molar refractivity (Wildman–Crippen MR) is 53.3 cm³/mol. The topological polar surface area (TPSA) is 55.8 Å². The van der Waals surface area contributed by atoms with E-state index >= 15 is 0 Å². The zero-order valence-electron chi connectivity index (χ0n) is 8.23. The van der Waals surface area contributed by atoms with Crippen molar-refractivity contribution >= 4 is 11.1 Å². The standard InChI is InChI=1S/C9H12O4S/c1-6-7(12-2)4-5-8(14(10)11)9(6)13-3/h4-5H,1-3H3,(H,10,11). The number of hydrogen-bond donors (Lipinski definition) is 1. The van der Waals surface area contributed by atoms with E-state index in [2.05, 4.69) is 0 Å². The van der Waals surface area contributed by atoms with E-state index in [-0.39, 0.29) is 4.90 Å². The van der Waals surface area contributed by atoms with Gasteiger partial charge in [-0.1, -0.05) is 0 Å². The summed E-state index contributed by atoms with van der Waals surface area (Å²) in [4.78, 5) is 0.255. The fourth-order valence-electron chi connectivity index (χ4n) is 1.26. The van der Waals surface area contributed by atoms with Crippen molar-refractivity contribution in [3.05, 3.63) is 17.7 Å². The van der Waals surface area contributed by atoms with E-state index in [1.807, 2.05) is 0 Å². The monoisotopic (exact) mass is 216 g/mol. The second-order valence-electron chi connectivity index (χ2n) is 2.67. The Morgan fingerprint density at radius 2 is 1.93 bits per heavy atom. The van der Waals surface area contributed by atoms with Gasteiger partial charge in [-0.05, 0) is 19.1 Å². The van der Waals surface area contributed by atoms with Crippen molar-refractivity contribution in [2.45, 2.75) is 11.8 Å². The number of benzene rings is 1. The predicted octanol–water partition coefficient (Wildman–Crippen LogP) is 1.59. The van der Waals surface area contributed by atoms with Crippen LogP contribution in [0.3, 0.4) is 0 Å². The molecule has 1 atom stereocenters. The average Bonchev–Trinajstić information content (AvgIpc) is 2.17. The summed E-state index contributed by atoms with van der Waals surface area (Å²) in [5.74, 6) is 1.03. The summed E-state index contributed by atoms with van der Waals surface area (Å²) in [6.45, 7) is 1.77. The van der Waals surface area contributed by atoms with Crippen LogP contribution in [0.15, 0.2) is 17.0 Å². The van der Waals surface area contributed by atoms with Crippen LogP contribution in [0.1, 0.15) is 5.56 Å². The van der Waals surface area contributed by atoms with Crippen LogP contribution < -0.4 is 9.47 Å². The molecule has 0 aromatic heterocycles. The van der Waals surface area contributed by atoms with Crippen molar-refractivity contribution in [2.24, 2.45) is 0 Å². The summed E-state index contributed by atoms with van der Waals surface area (Å²) < 4.78 is 30.0. The maximum absolute atomic E-state index is 10.9. The van der Waals surface area contributed by atoms with Gasteiger partial charge in [-0.3, -0.25) is 0 Å². The van der Waals surface area contributed by atoms with Gasteiger partial charge < -0.3 is 14.0 Å². The maximum Gasteiger partial charge on any atom is 0.190 e. The van der Waals surface area contributed by atoms with E-state index < -0.39 is 11.1 Å². The van der Waals surface area contributed by atoms with Crippen LogP contribution in [-0.2, 0) is 11.1 Å². The third-order valence-corrected chi connectivity index (χ3v) is 2.63. The third-order valence-electron chi connectivity index (χ3n) is 1.93. The Labute approximate surface area is 85.1 Å². The highest BCUT2D eigenvalue weighted by molar-refractivity contribution is 7.79. The molecule has 0 saturated carbocycles. The Morgan fingerprint density at radius 1 is 1.29 bits per heavy atom. The zero-order valence-corrected chi connectivity index (χ0v) is 9.05. The van der Waals surface area contributed by atoms with Crippen molar-refractivity contribution in [1.29, 1.82) is 0 Å². The summed E-state index contributed by atoms with van der Waals surface area (Å²) in [5, 5.41) is 0. The molecule has 0 aliphatic heterocycles. The van der Waals surface area contributed by atoms with Gasteiger partial charge >= 0.3 is 0 Å². The molecule has 5 heteroatoms. The first-order chi connectivity index (χ1) is 6.61. The van der Waals surface area contributed by atoms with Gasteiger partial charge in [-0.2, -0.15) is 0 Å². The number of methoxy groups -OCH3 is 2. The second kappa shape index (κ2) is 4.43. The molecule has 0 spiro atoms. The van der Waals surface area contributed by atoms with Gasteiger partial charge in [0.05, 0.1) is 14.2 Å². The third kappa shape index (κ3) is 1.88. The molecule has 1 aromatic rings. The molecule has 0 bridgehead atoms. The second-order valence-corrected chi connectivity index (χ2v) is 3.61. The largest absolute Gasteiger partial charge is 0.496 e. The Bertz CT molecular complexity index is 362. The average molecular weight is 216 g/mol. The van der Waals surface area contributed by atoms with Gasteiger partial charge in [0, 0.05) is 5.56 Å². The molecular formula is C9H12O4S. The van der Waals surface area contributed by atoms with Crippen LogP contribution in [0, 0.1) is 6.92 Å². The van der Waals surface area contributed by atoms with E-state index in [9.17, 15) is 4.21 Å². The van der Waals surface area contributed by atoms with Crippen LogP contribution in [0.5, 0.6) is 11.5 Å². The molecule has 78 valence electrons. The zero-order chi connectivity index (χ0) is 10.7. The molecule has 1 N–H and O–H groups in total. The van der Waals surface area contributed by atoms with E-state index in [1.54, 1.807) is 13.0 Å². The Hall–Kier alpha value is -1.07. The lowest BCUT2D eigenvalue weighted by molar-refractivity contribution is 0.380. The van der Waals surface area contributed by atoms with Gasteiger partial charge in [-0.15, -0.1) is 0 Å². The number of ether oxygens (including phenoxy) is 2. The highest BCUT2D eigenvalue weighted by Gasteiger charge is 2.14. The molecule has 14 heavy (non-hydrogen) atoms. The van der Waals surface area contributed by atoms with E-state index in [4.69, 9.17) is 14.0 Å². The minimum absolute atomic E-state index is 0.255. The molecule has 0 amide bonds. The molecule has 1 aromatic carbocycles. The minimum atomic E-state index is -2.04. The molecule has 0 fully saturated rings. The molecule has 0 saturated heterocycles. The van der Waals surface area contributed by atoms with Crippen molar-refractivity contribution in [2.75, 3.05) is 14.2 Å². The Kier molecular flexibility index (Phi) is 3.49. The van der Waals surface area contributed by atoms with Gasteiger partial charge in [0.15, 0.2) is 11.1 Å². The highest BCUT2D eigenvalue weighted by atomic mass is 32.2. The first-order valence-electron chi connectivity index (χ1n) is 3.94. The molecule has 0 aliphatic rings. The van der Waals surface area contributed by atoms with Crippen LogP contribution in [0.2, 0.25) is 0 Å². The molecule has 1 rings (SSSR count). The molecule has 0 aliphatic carbocycles. The number of rotatable bonds is 3. The van der Waals surface area contributed by atoms with Crippen LogP contribution in [-0.4, -0.2) is 23.0 Å². The lowest BCUT2D eigenvalue weighted by atomic mass is 10.2. The quantitative estimate of drug-likeness (QED) is 0.779. The molecule has 0 heterocycles. The Morgan fingerprint density at radius 3 is 2.36 bits per heavy atom. The lowest BCUT2D eigenvalue weighted by Crippen LogP contribution is -1.98. The SMILES string of the molecule is COc1ccc(S(=O)O)c(OC)c1C. The van der Waals surface area contributed by atoms with Crippen LogP contribution >= 0.6 is 0 Å². The normalized spacial score (nSPS) is 12.3. The van der Waals surface area contributed by atoms with Gasteiger partial charge in [-0.25, -0.2) is 4.21 Å². The first kappa shape index (κ1) is 11.0. The summed E-state index contributed by atoms with van der Waals surface area (Å²) >= 11 is -2.04. The fraction of sp³-hybridized carbons (Fsp3) is 0.333. The van der Waals surface area contributed by atoms with Crippen molar-refractivity contribution in [3.8, 4) is 11.5 Å². The van der Waals surface area contributed by atoms with Gasteiger partial charge in [0.1, 0.15) is 16.4 Å². The van der Waals surface area contributed by atoms with Crippen molar-refractivity contribution in [3.63, 3.8) is 0 Å². The maximum atomic E-state index is 10.9. The first-order valence-corrected chi connectivity index (χ1v) is 5.05. The van der Waals surface area contributed by atoms with Gasteiger partial charge in [0.2, 0.25) is 0 Å². The van der Waals surface area contributed by atoms with E-state index in [1.165, 1.54) is 20.3 Å². The molecular weight excluding hydrogens is 204 g/mol. The lowest BCUT2D eigenvalue weighted by Gasteiger charge is -2.11. The molecule has 0 radical (unpaired) electrons. The van der Waals surface area contributed by atoms with E-state index in [0.29, 0.717) is 11.5 Å². The summed E-state index contributed by atoms with van der Waals surface area (Å²) in [6.07, 6.45) is 0. The summed E-state index contributed by atoms with van der Waals surface area (Å²) in [5.41, 5.74) is 0.718. The molecule has 1 unspecified atom stereocenters. The smallest absolute Gasteiger partial charge is 0.190 e. The highest BCUT2D eigenvalue weighted by Crippen LogP contribution is 2.32. The summed E-state index contributed by atoms with van der Waals surface area (Å²) in [7, 11) is 3.00. The van der Waals surface area contributed by atoms with E-state index in [0.717, 1.165) is 5.56 Å². The Balaban J connectivity index is 3.35. The van der Waals surface area contributed by atoms with Crippen LogP contribution in [0.4, 0.5) is 0 Å². The van der Waals surface area contributed by atoms with Crippen molar-refractivity contribution in [1.82, 2.24) is 0 Å². The summed E-state index contributed by atoms with van der Waals surface area (Å²) in [6, 6.07) is 3.15. The van der Waals surface area contributed by atoms with Crippen LogP contribution in [0.25, 0.3) is 0 Å².